The number of hydrogen-bond donors (Lipinski definition) is 2. The Hall–Kier alpha value is -2.86. The Labute approximate surface area is 164 Å². The van der Waals surface area contributed by atoms with E-state index in [4.69, 9.17) is 11.6 Å². The van der Waals surface area contributed by atoms with Crippen LogP contribution in [-0.4, -0.2) is 24.1 Å². The van der Waals surface area contributed by atoms with E-state index in [2.05, 4.69) is 34.3 Å². The molecule has 6 nitrogen and oxygen atoms in total. The number of amides is 1. The largest absolute Gasteiger partial charge is 0.510 e. The van der Waals surface area contributed by atoms with E-state index in [9.17, 15) is 9.90 Å². The van der Waals surface area contributed by atoms with Crippen molar-refractivity contribution in [2.45, 2.75) is 20.8 Å². The minimum absolute atomic E-state index is 0.155. The van der Waals surface area contributed by atoms with Crippen molar-refractivity contribution < 1.29 is 9.90 Å². The van der Waals surface area contributed by atoms with Gasteiger partial charge in [0, 0.05) is 29.5 Å². The molecule has 0 fully saturated rings. The van der Waals surface area contributed by atoms with Crippen molar-refractivity contribution in [3.05, 3.63) is 65.0 Å². The van der Waals surface area contributed by atoms with Gasteiger partial charge in [0.15, 0.2) is 5.70 Å². The van der Waals surface area contributed by atoms with Crippen LogP contribution in [0.5, 0.6) is 0 Å². The number of aliphatic hydroxyl groups excluding tert-OH is 1. The number of carbonyl (C=O) groups is 1. The SMILES string of the molecule is CCN(CC)c1ccc(N=N/C(C(=O)Nc2ccc(Cl)cc2)=C(/C)O)cc1. The summed E-state index contributed by atoms with van der Waals surface area (Å²) in [4.78, 5) is 14.6. The van der Waals surface area contributed by atoms with Gasteiger partial charge >= 0.3 is 0 Å². The summed E-state index contributed by atoms with van der Waals surface area (Å²) in [5.41, 5.74) is 2.07. The fraction of sp³-hybridized carbons (Fsp3) is 0.250. The molecule has 0 aliphatic rings. The number of allylic oxidation sites excluding steroid dienone is 1. The van der Waals surface area contributed by atoms with Gasteiger partial charge in [0.2, 0.25) is 0 Å². The third kappa shape index (κ3) is 5.82. The van der Waals surface area contributed by atoms with Crippen molar-refractivity contribution in [3.8, 4) is 0 Å². The minimum atomic E-state index is -0.555. The molecule has 142 valence electrons. The van der Waals surface area contributed by atoms with Gasteiger partial charge in [-0.15, -0.1) is 5.11 Å². The molecule has 7 heteroatoms. The number of aliphatic hydroxyl groups is 1. The van der Waals surface area contributed by atoms with Crippen LogP contribution in [0.15, 0.2) is 70.2 Å². The molecule has 0 bridgehead atoms. The second kappa shape index (κ2) is 9.73. The van der Waals surface area contributed by atoms with E-state index < -0.39 is 5.91 Å². The molecule has 0 saturated carbocycles. The molecule has 2 aromatic carbocycles. The summed E-state index contributed by atoms with van der Waals surface area (Å²) in [7, 11) is 0. The molecule has 0 aliphatic heterocycles. The Morgan fingerprint density at radius 2 is 1.67 bits per heavy atom. The van der Waals surface area contributed by atoms with Crippen molar-refractivity contribution in [2.75, 3.05) is 23.3 Å². The van der Waals surface area contributed by atoms with Crippen molar-refractivity contribution in [1.29, 1.82) is 0 Å². The number of hydrogen-bond acceptors (Lipinski definition) is 5. The number of halogens is 1. The molecule has 2 aromatic rings. The van der Waals surface area contributed by atoms with Gasteiger partial charge < -0.3 is 15.3 Å². The molecular formula is C20H23ClN4O2. The quantitative estimate of drug-likeness (QED) is 0.364. The lowest BCUT2D eigenvalue weighted by atomic mass is 10.2. The fourth-order valence-electron chi connectivity index (χ4n) is 2.43. The number of azo groups is 1. The molecular weight excluding hydrogens is 364 g/mol. The second-order valence-corrected chi connectivity index (χ2v) is 6.22. The number of nitrogens with zero attached hydrogens (tertiary/aromatic N) is 3. The Balaban J connectivity index is 2.12. The van der Waals surface area contributed by atoms with Gasteiger partial charge in [-0.3, -0.25) is 4.79 Å². The van der Waals surface area contributed by atoms with Crippen LogP contribution in [0.4, 0.5) is 17.1 Å². The van der Waals surface area contributed by atoms with Crippen molar-refractivity contribution in [3.63, 3.8) is 0 Å². The molecule has 0 aliphatic carbocycles. The van der Waals surface area contributed by atoms with Gasteiger partial charge in [0.25, 0.3) is 5.91 Å². The first kappa shape index (κ1) is 20.5. The lowest BCUT2D eigenvalue weighted by Gasteiger charge is -2.20. The molecule has 1 amide bonds. The summed E-state index contributed by atoms with van der Waals surface area (Å²) in [6, 6.07) is 14.2. The maximum atomic E-state index is 12.4. The van der Waals surface area contributed by atoms with E-state index in [0.717, 1.165) is 18.8 Å². The molecule has 2 N–H and O–H groups in total. The highest BCUT2D eigenvalue weighted by molar-refractivity contribution is 6.30. The highest BCUT2D eigenvalue weighted by Crippen LogP contribution is 2.21. The highest BCUT2D eigenvalue weighted by Gasteiger charge is 2.13. The molecule has 0 heterocycles. The predicted molar refractivity (Wildman–Crippen MR) is 110 cm³/mol. The van der Waals surface area contributed by atoms with Gasteiger partial charge in [0.05, 0.1) is 5.69 Å². The summed E-state index contributed by atoms with van der Waals surface area (Å²) in [5.74, 6) is -0.772. The third-order valence-electron chi connectivity index (χ3n) is 3.90. The van der Waals surface area contributed by atoms with Gasteiger partial charge in [-0.1, -0.05) is 11.6 Å². The lowest BCUT2D eigenvalue weighted by molar-refractivity contribution is -0.113. The topological polar surface area (TPSA) is 77.3 Å². The van der Waals surface area contributed by atoms with Crippen molar-refractivity contribution in [2.24, 2.45) is 10.2 Å². The normalized spacial score (nSPS) is 12.0. The van der Waals surface area contributed by atoms with E-state index >= 15 is 0 Å². The average molecular weight is 387 g/mol. The maximum absolute atomic E-state index is 12.4. The molecule has 2 rings (SSSR count). The zero-order valence-electron chi connectivity index (χ0n) is 15.6. The van der Waals surface area contributed by atoms with Gasteiger partial charge in [-0.2, -0.15) is 5.11 Å². The van der Waals surface area contributed by atoms with E-state index in [0.29, 0.717) is 16.4 Å². The Kier molecular flexibility index (Phi) is 7.37. The molecule has 27 heavy (non-hydrogen) atoms. The molecule has 0 radical (unpaired) electrons. The zero-order valence-corrected chi connectivity index (χ0v) is 16.4. The monoisotopic (exact) mass is 386 g/mol. The number of nitrogens with one attached hydrogen (secondary N) is 1. The van der Waals surface area contributed by atoms with Gasteiger partial charge in [0.1, 0.15) is 5.76 Å². The summed E-state index contributed by atoms with van der Waals surface area (Å²) in [6.45, 7) is 7.41. The first-order chi connectivity index (χ1) is 12.9. The Bertz CT molecular complexity index is 822. The van der Waals surface area contributed by atoms with Crippen LogP contribution < -0.4 is 10.2 Å². The summed E-state index contributed by atoms with van der Waals surface area (Å²) in [6.07, 6.45) is 0. The van der Waals surface area contributed by atoms with E-state index in [1.807, 2.05) is 24.3 Å². The summed E-state index contributed by atoms with van der Waals surface area (Å²) >= 11 is 5.83. The van der Waals surface area contributed by atoms with Crippen LogP contribution in [0.2, 0.25) is 5.02 Å². The maximum Gasteiger partial charge on any atom is 0.279 e. The molecule has 0 aromatic heterocycles. The van der Waals surface area contributed by atoms with Crippen molar-refractivity contribution >= 4 is 34.6 Å². The van der Waals surface area contributed by atoms with Crippen LogP contribution in [0.25, 0.3) is 0 Å². The highest BCUT2D eigenvalue weighted by atomic mass is 35.5. The minimum Gasteiger partial charge on any atom is -0.510 e. The van der Waals surface area contributed by atoms with E-state index in [-0.39, 0.29) is 11.5 Å². The Morgan fingerprint density at radius 1 is 1.07 bits per heavy atom. The average Bonchev–Trinajstić information content (AvgIpc) is 2.65. The molecule has 0 saturated heterocycles. The number of anilines is 2. The first-order valence-electron chi connectivity index (χ1n) is 8.68. The number of benzene rings is 2. The first-order valence-corrected chi connectivity index (χ1v) is 9.05. The van der Waals surface area contributed by atoms with Crippen LogP contribution >= 0.6 is 11.6 Å². The van der Waals surface area contributed by atoms with Crippen LogP contribution in [0.1, 0.15) is 20.8 Å². The summed E-state index contributed by atoms with van der Waals surface area (Å²) < 4.78 is 0. The van der Waals surface area contributed by atoms with Gasteiger partial charge in [-0.05, 0) is 69.3 Å². The standard InChI is InChI=1S/C20H23ClN4O2/c1-4-25(5-2)18-12-10-17(11-13-18)23-24-19(14(3)26)20(27)22-16-8-6-15(21)7-9-16/h6-13,26H,4-5H2,1-3H3,(H,22,27)/b19-14-,24-23?. The second-order valence-electron chi connectivity index (χ2n) is 5.78. The lowest BCUT2D eigenvalue weighted by Crippen LogP contribution is -2.21. The van der Waals surface area contributed by atoms with Crippen LogP contribution in [-0.2, 0) is 4.79 Å². The van der Waals surface area contributed by atoms with E-state index in [1.54, 1.807) is 24.3 Å². The van der Waals surface area contributed by atoms with Gasteiger partial charge in [-0.25, -0.2) is 0 Å². The summed E-state index contributed by atoms with van der Waals surface area (Å²) in [5, 5.41) is 21.0. The Morgan fingerprint density at radius 3 is 2.19 bits per heavy atom. The van der Waals surface area contributed by atoms with E-state index in [1.165, 1.54) is 6.92 Å². The van der Waals surface area contributed by atoms with Crippen molar-refractivity contribution in [1.82, 2.24) is 0 Å². The predicted octanol–water partition coefficient (Wildman–Crippen LogP) is 5.70. The van der Waals surface area contributed by atoms with Crippen LogP contribution in [0, 0.1) is 0 Å². The number of carbonyl (C=O) groups excluding carboxylic acids is 1. The molecule has 0 unspecified atom stereocenters. The zero-order chi connectivity index (χ0) is 19.8. The molecule has 0 spiro atoms. The smallest absolute Gasteiger partial charge is 0.279 e. The number of rotatable bonds is 7. The molecule has 0 atom stereocenters. The fourth-order valence-corrected chi connectivity index (χ4v) is 2.56. The third-order valence-corrected chi connectivity index (χ3v) is 4.16. The van der Waals surface area contributed by atoms with Crippen LogP contribution in [0.3, 0.4) is 0 Å².